The first-order valence-corrected chi connectivity index (χ1v) is 2.56. The second kappa shape index (κ2) is 0.988. The van der Waals surface area contributed by atoms with Crippen LogP contribution < -0.4 is 0 Å². The SMILES string of the molecule is [CH2]C1C(C)C1C. The van der Waals surface area contributed by atoms with Crippen LogP contribution in [0.5, 0.6) is 0 Å². The van der Waals surface area contributed by atoms with E-state index < -0.39 is 0 Å². The molecule has 0 heteroatoms. The summed E-state index contributed by atoms with van der Waals surface area (Å²) in [4.78, 5) is 0. The molecule has 0 aromatic rings. The Labute approximate surface area is 39.6 Å². The molecular weight excluding hydrogens is 72.1 g/mol. The van der Waals surface area contributed by atoms with Crippen molar-refractivity contribution < 1.29 is 0 Å². The zero-order valence-corrected chi connectivity index (χ0v) is 4.44. The summed E-state index contributed by atoms with van der Waals surface area (Å²) < 4.78 is 0. The Bertz CT molecular complexity index is 36.8. The molecular formula is C6H11. The molecule has 0 N–H and O–H groups in total. The number of hydrogen-bond donors (Lipinski definition) is 0. The molecule has 1 radical (unpaired) electrons. The molecule has 0 amide bonds. The third-order valence-corrected chi connectivity index (χ3v) is 2.04. The van der Waals surface area contributed by atoms with Crippen molar-refractivity contribution in [2.45, 2.75) is 13.8 Å². The third kappa shape index (κ3) is 0.360. The van der Waals surface area contributed by atoms with Crippen molar-refractivity contribution >= 4 is 0 Å². The fraction of sp³-hybridized carbons (Fsp3) is 0.833. The molecule has 35 valence electrons. The van der Waals surface area contributed by atoms with Gasteiger partial charge in [0.2, 0.25) is 0 Å². The van der Waals surface area contributed by atoms with E-state index in [9.17, 15) is 0 Å². The lowest BCUT2D eigenvalue weighted by molar-refractivity contribution is 0.834. The molecule has 1 fully saturated rings. The maximum atomic E-state index is 3.91. The highest BCUT2D eigenvalue weighted by atomic mass is 14.4. The van der Waals surface area contributed by atoms with E-state index in [1.807, 2.05) is 0 Å². The summed E-state index contributed by atoms with van der Waals surface area (Å²) in [5.41, 5.74) is 0. The number of hydrogen-bond acceptors (Lipinski definition) is 0. The molecule has 1 rings (SSSR count). The van der Waals surface area contributed by atoms with Crippen molar-refractivity contribution in [2.75, 3.05) is 0 Å². The minimum Gasteiger partial charge on any atom is -0.0620 e. The smallest absolute Gasteiger partial charge is 0.0357 e. The first-order chi connectivity index (χ1) is 2.73. The van der Waals surface area contributed by atoms with Gasteiger partial charge in [-0.2, -0.15) is 0 Å². The number of rotatable bonds is 0. The van der Waals surface area contributed by atoms with E-state index >= 15 is 0 Å². The molecule has 0 aliphatic heterocycles. The van der Waals surface area contributed by atoms with E-state index in [1.54, 1.807) is 0 Å². The van der Waals surface area contributed by atoms with Crippen molar-refractivity contribution in [1.82, 2.24) is 0 Å². The molecule has 0 saturated heterocycles. The van der Waals surface area contributed by atoms with Gasteiger partial charge in [-0.15, -0.1) is 0 Å². The first kappa shape index (κ1) is 4.17. The second-order valence-electron chi connectivity index (χ2n) is 2.38. The van der Waals surface area contributed by atoms with Gasteiger partial charge in [-0.3, -0.25) is 0 Å². The molecule has 0 aromatic heterocycles. The van der Waals surface area contributed by atoms with Gasteiger partial charge in [0.05, 0.1) is 0 Å². The van der Waals surface area contributed by atoms with E-state index in [1.165, 1.54) is 0 Å². The standard InChI is InChI=1S/C6H11/c1-4-5(2)6(4)3/h4-6H,1H2,2-3H3. The average molecular weight is 83.2 g/mol. The van der Waals surface area contributed by atoms with Crippen LogP contribution >= 0.6 is 0 Å². The minimum absolute atomic E-state index is 0.769. The van der Waals surface area contributed by atoms with Crippen molar-refractivity contribution in [3.8, 4) is 0 Å². The Morgan fingerprint density at radius 3 is 1.33 bits per heavy atom. The normalized spacial score (nSPS) is 55.5. The molecule has 6 heavy (non-hydrogen) atoms. The van der Waals surface area contributed by atoms with Crippen molar-refractivity contribution in [3.05, 3.63) is 6.92 Å². The van der Waals surface area contributed by atoms with Gasteiger partial charge < -0.3 is 0 Å². The largest absolute Gasteiger partial charge is 0.0620 e. The molecule has 0 spiro atoms. The van der Waals surface area contributed by atoms with E-state index in [-0.39, 0.29) is 0 Å². The Hall–Kier alpha value is 0. The van der Waals surface area contributed by atoms with Gasteiger partial charge in [-0.05, 0) is 24.7 Å². The molecule has 1 saturated carbocycles. The molecule has 0 aromatic carbocycles. The van der Waals surface area contributed by atoms with Crippen LogP contribution in [0.4, 0.5) is 0 Å². The first-order valence-electron chi connectivity index (χ1n) is 2.56. The van der Waals surface area contributed by atoms with Crippen LogP contribution in [-0.2, 0) is 0 Å². The lowest BCUT2D eigenvalue weighted by Gasteiger charge is -1.66. The molecule has 2 unspecified atom stereocenters. The summed E-state index contributed by atoms with van der Waals surface area (Å²) in [6.45, 7) is 8.42. The minimum atomic E-state index is 0.769. The summed E-state index contributed by atoms with van der Waals surface area (Å²) in [6, 6.07) is 0. The van der Waals surface area contributed by atoms with Crippen LogP contribution in [0.2, 0.25) is 0 Å². The highest BCUT2D eigenvalue weighted by Crippen LogP contribution is 2.43. The van der Waals surface area contributed by atoms with Gasteiger partial charge >= 0.3 is 0 Å². The van der Waals surface area contributed by atoms with Gasteiger partial charge in [0, 0.05) is 0 Å². The van der Waals surface area contributed by atoms with Crippen LogP contribution in [-0.4, -0.2) is 0 Å². The van der Waals surface area contributed by atoms with Gasteiger partial charge in [0.1, 0.15) is 0 Å². The molecule has 1 aliphatic rings. The summed E-state index contributed by atoms with van der Waals surface area (Å²) in [6.07, 6.45) is 0. The van der Waals surface area contributed by atoms with Crippen LogP contribution in [0.15, 0.2) is 0 Å². The van der Waals surface area contributed by atoms with Gasteiger partial charge in [-0.1, -0.05) is 13.8 Å². The van der Waals surface area contributed by atoms with Gasteiger partial charge in [-0.25, -0.2) is 0 Å². The van der Waals surface area contributed by atoms with Crippen LogP contribution in [0.25, 0.3) is 0 Å². The van der Waals surface area contributed by atoms with E-state index in [2.05, 4.69) is 20.8 Å². The lowest BCUT2D eigenvalue weighted by atomic mass is 10.4. The third-order valence-electron chi connectivity index (χ3n) is 2.04. The van der Waals surface area contributed by atoms with Crippen molar-refractivity contribution in [1.29, 1.82) is 0 Å². The van der Waals surface area contributed by atoms with Gasteiger partial charge in [0.15, 0.2) is 0 Å². The van der Waals surface area contributed by atoms with E-state index in [0.717, 1.165) is 17.8 Å². The highest BCUT2D eigenvalue weighted by Gasteiger charge is 2.38. The van der Waals surface area contributed by atoms with E-state index in [0.29, 0.717) is 0 Å². The maximum Gasteiger partial charge on any atom is -0.0357 e. The molecule has 0 bridgehead atoms. The lowest BCUT2D eigenvalue weighted by Crippen LogP contribution is -1.59. The quantitative estimate of drug-likeness (QED) is 0.418. The van der Waals surface area contributed by atoms with Crippen LogP contribution in [0.3, 0.4) is 0 Å². The van der Waals surface area contributed by atoms with Crippen LogP contribution in [0, 0.1) is 24.7 Å². The summed E-state index contributed by atoms with van der Waals surface area (Å²) in [5, 5.41) is 0. The fourth-order valence-corrected chi connectivity index (χ4v) is 0.765. The summed E-state index contributed by atoms with van der Waals surface area (Å²) in [5.74, 6) is 2.58. The highest BCUT2D eigenvalue weighted by molar-refractivity contribution is 4.91. The predicted molar refractivity (Wildman–Crippen MR) is 27.2 cm³/mol. The Morgan fingerprint density at radius 2 is 1.33 bits per heavy atom. The van der Waals surface area contributed by atoms with Crippen LogP contribution in [0.1, 0.15) is 13.8 Å². The fourth-order valence-electron chi connectivity index (χ4n) is 0.765. The maximum absolute atomic E-state index is 3.91. The summed E-state index contributed by atoms with van der Waals surface area (Å²) >= 11 is 0. The van der Waals surface area contributed by atoms with Gasteiger partial charge in [0.25, 0.3) is 0 Å². The van der Waals surface area contributed by atoms with Crippen molar-refractivity contribution in [3.63, 3.8) is 0 Å². The van der Waals surface area contributed by atoms with E-state index in [4.69, 9.17) is 0 Å². The average Bonchev–Trinajstić information content (AvgIpc) is 1.94. The molecule has 0 heterocycles. The predicted octanol–water partition coefficient (Wildman–Crippen LogP) is 1.72. The molecule has 0 nitrogen and oxygen atoms in total. The zero-order chi connectivity index (χ0) is 4.73. The van der Waals surface area contributed by atoms with Crippen molar-refractivity contribution in [2.24, 2.45) is 17.8 Å². The summed E-state index contributed by atoms with van der Waals surface area (Å²) in [7, 11) is 0. The Balaban J connectivity index is 2.31. The topological polar surface area (TPSA) is 0 Å². The zero-order valence-electron chi connectivity index (χ0n) is 4.44. The molecule has 2 atom stereocenters. The Kier molecular flexibility index (Phi) is 0.686. The Morgan fingerprint density at radius 1 is 1.17 bits per heavy atom. The molecule has 1 aliphatic carbocycles. The monoisotopic (exact) mass is 83.1 g/mol. The second-order valence-corrected chi connectivity index (χ2v) is 2.38.